The molecule has 0 unspecified atom stereocenters. The first kappa shape index (κ1) is 11.4. The van der Waals surface area contributed by atoms with Crippen LogP contribution < -0.4 is 4.90 Å². The van der Waals surface area contributed by atoms with Gasteiger partial charge in [0.05, 0.1) is 11.9 Å². The molecule has 5 nitrogen and oxygen atoms in total. The Kier molecular flexibility index (Phi) is 3.27. The van der Waals surface area contributed by atoms with Gasteiger partial charge in [-0.3, -0.25) is 9.89 Å². The van der Waals surface area contributed by atoms with Crippen LogP contribution in [-0.4, -0.2) is 28.1 Å². The molecule has 0 aliphatic carbocycles. The van der Waals surface area contributed by atoms with E-state index in [0.29, 0.717) is 5.69 Å². The quantitative estimate of drug-likeness (QED) is 0.846. The second-order valence-corrected chi connectivity index (χ2v) is 3.97. The highest BCUT2D eigenvalue weighted by Gasteiger charge is 2.15. The molecule has 0 bridgehead atoms. The molecule has 0 fully saturated rings. The molecular weight excluding hydrogens is 216 g/mol. The first-order valence-electron chi connectivity index (χ1n) is 5.67. The van der Waals surface area contributed by atoms with Gasteiger partial charge in [-0.25, -0.2) is 0 Å². The van der Waals surface area contributed by atoms with Gasteiger partial charge in [-0.2, -0.15) is 5.10 Å². The number of anilines is 1. The minimum Gasteiger partial charge on any atom is -0.354 e. The number of aryl methyl sites for hydroxylation is 1. The van der Waals surface area contributed by atoms with Gasteiger partial charge in [0.1, 0.15) is 5.69 Å². The zero-order valence-corrected chi connectivity index (χ0v) is 10.0. The molecule has 0 saturated carbocycles. The summed E-state index contributed by atoms with van der Waals surface area (Å²) in [5.74, 6) is -0.0613. The fourth-order valence-corrected chi connectivity index (χ4v) is 1.71. The van der Waals surface area contributed by atoms with E-state index in [0.717, 1.165) is 24.2 Å². The van der Waals surface area contributed by atoms with Crippen molar-refractivity contribution >= 4 is 11.6 Å². The summed E-state index contributed by atoms with van der Waals surface area (Å²) in [6, 6.07) is 3.78. The lowest BCUT2D eigenvalue weighted by molar-refractivity contribution is 0.0988. The number of nitrogens with zero attached hydrogens (tertiary/aromatic N) is 2. The standard InChI is InChI=1S/C12H16N4O/c1-3-4-9-5-6-11(15-9)12(17)16(2)10-7-13-14-8-10/h5-8,15H,3-4H2,1-2H3,(H,13,14). The number of aromatic nitrogens is 3. The highest BCUT2D eigenvalue weighted by molar-refractivity contribution is 6.04. The highest BCUT2D eigenvalue weighted by Crippen LogP contribution is 2.13. The largest absolute Gasteiger partial charge is 0.354 e. The average Bonchev–Trinajstić information content (AvgIpc) is 2.98. The van der Waals surface area contributed by atoms with E-state index in [1.54, 1.807) is 24.3 Å². The fourth-order valence-electron chi connectivity index (χ4n) is 1.71. The van der Waals surface area contributed by atoms with Gasteiger partial charge in [0.15, 0.2) is 0 Å². The van der Waals surface area contributed by atoms with E-state index in [-0.39, 0.29) is 5.91 Å². The third-order valence-electron chi connectivity index (χ3n) is 2.67. The van der Waals surface area contributed by atoms with E-state index >= 15 is 0 Å². The predicted octanol–water partition coefficient (Wildman–Crippen LogP) is 1.97. The van der Waals surface area contributed by atoms with Crippen LogP contribution in [0.2, 0.25) is 0 Å². The lowest BCUT2D eigenvalue weighted by atomic mass is 10.3. The minimum atomic E-state index is -0.0613. The zero-order valence-electron chi connectivity index (χ0n) is 10.0. The Hall–Kier alpha value is -2.04. The molecule has 90 valence electrons. The summed E-state index contributed by atoms with van der Waals surface area (Å²) in [4.78, 5) is 16.8. The maximum atomic E-state index is 12.1. The molecule has 2 heterocycles. The van der Waals surface area contributed by atoms with Crippen molar-refractivity contribution in [1.82, 2.24) is 15.2 Å². The molecule has 0 aromatic carbocycles. The van der Waals surface area contributed by atoms with E-state index in [1.165, 1.54) is 0 Å². The van der Waals surface area contributed by atoms with E-state index in [1.807, 2.05) is 12.1 Å². The molecule has 0 atom stereocenters. The summed E-state index contributed by atoms with van der Waals surface area (Å²) in [5.41, 5.74) is 2.45. The van der Waals surface area contributed by atoms with Crippen LogP contribution in [0.1, 0.15) is 29.5 Å². The van der Waals surface area contributed by atoms with Crippen LogP contribution in [-0.2, 0) is 6.42 Å². The monoisotopic (exact) mass is 232 g/mol. The van der Waals surface area contributed by atoms with Gasteiger partial charge in [-0.15, -0.1) is 0 Å². The van der Waals surface area contributed by atoms with Crippen molar-refractivity contribution in [1.29, 1.82) is 0 Å². The first-order valence-corrected chi connectivity index (χ1v) is 5.67. The summed E-state index contributed by atoms with van der Waals surface area (Å²) < 4.78 is 0. The van der Waals surface area contributed by atoms with Crippen molar-refractivity contribution in [3.8, 4) is 0 Å². The topological polar surface area (TPSA) is 64.8 Å². The van der Waals surface area contributed by atoms with Crippen LogP contribution in [0.3, 0.4) is 0 Å². The number of amides is 1. The summed E-state index contributed by atoms with van der Waals surface area (Å²) in [7, 11) is 1.73. The lowest BCUT2D eigenvalue weighted by Gasteiger charge is -2.13. The highest BCUT2D eigenvalue weighted by atomic mass is 16.2. The second-order valence-electron chi connectivity index (χ2n) is 3.97. The molecule has 2 aromatic rings. The van der Waals surface area contributed by atoms with Crippen LogP contribution in [0.5, 0.6) is 0 Å². The second kappa shape index (κ2) is 4.86. The molecule has 0 saturated heterocycles. The van der Waals surface area contributed by atoms with Gasteiger partial charge < -0.3 is 9.88 Å². The third-order valence-corrected chi connectivity index (χ3v) is 2.67. The van der Waals surface area contributed by atoms with Gasteiger partial charge in [0.2, 0.25) is 0 Å². The number of H-pyrrole nitrogens is 2. The molecule has 0 aliphatic rings. The Morgan fingerprint density at radius 3 is 2.94 bits per heavy atom. The molecule has 2 N–H and O–H groups in total. The number of hydrogen-bond acceptors (Lipinski definition) is 2. The van der Waals surface area contributed by atoms with E-state index in [4.69, 9.17) is 0 Å². The number of hydrogen-bond donors (Lipinski definition) is 2. The fraction of sp³-hybridized carbons (Fsp3) is 0.333. The molecule has 5 heteroatoms. The molecule has 2 aromatic heterocycles. The summed E-state index contributed by atoms with van der Waals surface area (Å²) in [5, 5.41) is 6.51. The minimum absolute atomic E-state index is 0.0613. The van der Waals surface area contributed by atoms with E-state index in [2.05, 4.69) is 22.1 Å². The molecular formula is C12H16N4O. The average molecular weight is 232 g/mol. The molecule has 0 radical (unpaired) electrons. The van der Waals surface area contributed by atoms with Gasteiger partial charge in [0.25, 0.3) is 5.91 Å². The predicted molar refractivity (Wildman–Crippen MR) is 66.1 cm³/mol. The first-order chi connectivity index (χ1) is 8.22. The van der Waals surface area contributed by atoms with Crippen LogP contribution in [0.15, 0.2) is 24.5 Å². The number of carbonyl (C=O) groups is 1. The summed E-state index contributed by atoms with van der Waals surface area (Å²) in [6.07, 6.45) is 5.33. The van der Waals surface area contributed by atoms with Crippen molar-refractivity contribution in [2.45, 2.75) is 19.8 Å². The van der Waals surface area contributed by atoms with Gasteiger partial charge in [-0.05, 0) is 18.6 Å². The Morgan fingerprint density at radius 2 is 2.29 bits per heavy atom. The maximum absolute atomic E-state index is 12.1. The van der Waals surface area contributed by atoms with Crippen LogP contribution in [0.25, 0.3) is 0 Å². The zero-order chi connectivity index (χ0) is 12.3. The molecule has 0 aliphatic heterocycles. The van der Waals surface area contributed by atoms with Gasteiger partial charge in [-0.1, -0.05) is 13.3 Å². The van der Waals surface area contributed by atoms with Crippen molar-refractivity contribution in [2.24, 2.45) is 0 Å². The van der Waals surface area contributed by atoms with Gasteiger partial charge >= 0.3 is 0 Å². The Balaban J connectivity index is 2.13. The lowest BCUT2D eigenvalue weighted by Crippen LogP contribution is -2.26. The molecule has 1 amide bonds. The Labute approximate surface area is 99.8 Å². The van der Waals surface area contributed by atoms with Crippen molar-refractivity contribution in [3.05, 3.63) is 35.9 Å². The normalized spacial score (nSPS) is 10.5. The smallest absolute Gasteiger partial charge is 0.274 e. The van der Waals surface area contributed by atoms with Gasteiger partial charge in [0, 0.05) is 18.9 Å². The van der Waals surface area contributed by atoms with E-state index < -0.39 is 0 Å². The summed E-state index contributed by atoms with van der Waals surface area (Å²) >= 11 is 0. The molecule has 17 heavy (non-hydrogen) atoms. The molecule has 2 rings (SSSR count). The number of rotatable bonds is 4. The maximum Gasteiger partial charge on any atom is 0.274 e. The van der Waals surface area contributed by atoms with Crippen molar-refractivity contribution in [2.75, 3.05) is 11.9 Å². The Morgan fingerprint density at radius 1 is 1.47 bits per heavy atom. The Bertz CT molecular complexity index is 486. The third kappa shape index (κ3) is 2.38. The number of aromatic amines is 2. The van der Waals surface area contributed by atoms with Crippen LogP contribution in [0, 0.1) is 0 Å². The van der Waals surface area contributed by atoms with Crippen molar-refractivity contribution in [3.63, 3.8) is 0 Å². The summed E-state index contributed by atoms with van der Waals surface area (Å²) in [6.45, 7) is 2.11. The molecule has 0 spiro atoms. The van der Waals surface area contributed by atoms with E-state index in [9.17, 15) is 4.79 Å². The SMILES string of the molecule is CCCc1ccc(C(=O)N(C)c2cn[nH]c2)[nH]1. The van der Waals surface area contributed by atoms with Crippen LogP contribution in [0.4, 0.5) is 5.69 Å². The number of carbonyl (C=O) groups excluding carboxylic acids is 1. The number of nitrogens with one attached hydrogen (secondary N) is 2. The van der Waals surface area contributed by atoms with Crippen molar-refractivity contribution < 1.29 is 4.79 Å². The van der Waals surface area contributed by atoms with Crippen LogP contribution >= 0.6 is 0 Å².